The van der Waals surface area contributed by atoms with E-state index < -0.39 is 0 Å². The van der Waals surface area contributed by atoms with Gasteiger partial charge >= 0.3 is 5.97 Å². The number of piperidine rings is 1. The molecule has 1 heterocycles. The highest BCUT2D eigenvalue weighted by Crippen LogP contribution is 2.57. The van der Waals surface area contributed by atoms with Crippen LogP contribution in [0, 0.1) is 35.5 Å². The standard InChI is InChI=1S/C19H31NO2/c1-19(2,16-3-5-20-6-4-16)22-18(21)17-14-8-12-7-13(10-14)11-15(17)9-12/h12-17,20H,3-11H2,1-2H3. The second-order valence-corrected chi connectivity index (χ2v) is 9.01. The maximum Gasteiger partial charge on any atom is 0.310 e. The van der Waals surface area contributed by atoms with Crippen molar-refractivity contribution in [2.45, 2.75) is 64.4 Å². The minimum atomic E-state index is -0.298. The number of hydrogen-bond acceptors (Lipinski definition) is 3. The Balaban J connectivity index is 1.43. The van der Waals surface area contributed by atoms with Crippen LogP contribution in [0.15, 0.2) is 0 Å². The van der Waals surface area contributed by atoms with Crippen molar-refractivity contribution in [3.63, 3.8) is 0 Å². The van der Waals surface area contributed by atoms with E-state index in [0.29, 0.717) is 17.8 Å². The Morgan fingerprint density at radius 2 is 1.50 bits per heavy atom. The highest BCUT2D eigenvalue weighted by molar-refractivity contribution is 5.74. The summed E-state index contributed by atoms with van der Waals surface area (Å²) in [6.45, 7) is 6.39. The molecule has 0 aromatic rings. The van der Waals surface area contributed by atoms with Crippen LogP contribution < -0.4 is 5.32 Å². The van der Waals surface area contributed by atoms with E-state index in [9.17, 15) is 4.79 Å². The van der Waals surface area contributed by atoms with E-state index in [2.05, 4.69) is 19.2 Å². The predicted octanol–water partition coefficient (Wildman–Crippen LogP) is 3.38. The molecule has 0 spiro atoms. The van der Waals surface area contributed by atoms with Gasteiger partial charge in [0.05, 0.1) is 5.92 Å². The Morgan fingerprint density at radius 1 is 0.955 bits per heavy atom. The number of carbonyl (C=O) groups is 1. The van der Waals surface area contributed by atoms with Crippen molar-refractivity contribution < 1.29 is 9.53 Å². The summed E-state index contributed by atoms with van der Waals surface area (Å²) in [4.78, 5) is 13.0. The molecule has 3 nitrogen and oxygen atoms in total. The quantitative estimate of drug-likeness (QED) is 0.812. The molecule has 0 radical (unpaired) electrons. The lowest BCUT2D eigenvalue weighted by molar-refractivity contribution is -0.180. The van der Waals surface area contributed by atoms with Gasteiger partial charge in [0.2, 0.25) is 0 Å². The molecule has 124 valence electrons. The molecule has 5 rings (SSSR count). The summed E-state index contributed by atoms with van der Waals surface area (Å²) < 4.78 is 6.14. The fourth-order valence-corrected chi connectivity index (χ4v) is 6.24. The van der Waals surface area contributed by atoms with Crippen molar-refractivity contribution in [3.05, 3.63) is 0 Å². The Bertz CT molecular complexity index is 411. The van der Waals surface area contributed by atoms with Crippen molar-refractivity contribution in [2.75, 3.05) is 13.1 Å². The first-order valence-electron chi connectivity index (χ1n) is 9.46. The molecule has 22 heavy (non-hydrogen) atoms. The molecular formula is C19H31NO2. The van der Waals surface area contributed by atoms with E-state index >= 15 is 0 Å². The first kappa shape index (κ1) is 15.0. The number of ether oxygens (including phenoxy) is 1. The van der Waals surface area contributed by atoms with Crippen molar-refractivity contribution in [1.29, 1.82) is 0 Å². The van der Waals surface area contributed by atoms with E-state index in [0.717, 1.165) is 37.8 Å². The number of esters is 1. The summed E-state index contributed by atoms with van der Waals surface area (Å²) in [5.74, 6) is 3.97. The Morgan fingerprint density at radius 3 is 2.05 bits per heavy atom. The van der Waals surface area contributed by atoms with E-state index in [-0.39, 0.29) is 17.5 Å². The molecule has 4 bridgehead atoms. The molecule has 4 aliphatic carbocycles. The predicted molar refractivity (Wildman–Crippen MR) is 86.3 cm³/mol. The summed E-state index contributed by atoms with van der Waals surface area (Å²) in [6.07, 6.45) is 8.86. The van der Waals surface area contributed by atoms with Gasteiger partial charge in [-0.1, -0.05) is 0 Å². The van der Waals surface area contributed by atoms with Crippen LogP contribution in [0.3, 0.4) is 0 Å². The minimum Gasteiger partial charge on any atom is -0.459 e. The summed E-state index contributed by atoms with van der Waals surface area (Å²) in [5, 5.41) is 3.41. The molecule has 0 aromatic heterocycles. The molecule has 0 aromatic carbocycles. The second kappa shape index (κ2) is 5.51. The molecule has 1 N–H and O–H groups in total. The van der Waals surface area contributed by atoms with Gasteiger partial charge in [0, 0.05) is 5.92 Å². The fraction of sp³-hybridized carbons (Fsp3) is 0.947. The Hall–Kier alpha value is -0.570. The van der Waals surface area contributed by atoms with Crippen LogP contribution in [0.1, 0.15) is 58.8 Å². The summed E-state index contributed by atoms with van der Waals surface area (Å²) >= 11 is 0. The molecule has 4 saturated carbocycles. The van der Waals surface area contributed by atoms with Crippen LogP contribution in [0.2, 0.25) is 0 Å². The lowest BCUT2D eigenvalue weighted by atomic mass is 9.52. The third-order valence-corrected chi connectivity index (χ3v) is 7.18. The first-order chi connectivity index (χ1) is 10.5. The van der Waals surface area contributed by atoms with Crippen LogP contribution in [-0.4, -0.2) is 24.7 Å². The number of carbonyl (C=O) groups excluding carboxylic acids is 1. The maximum absolute atomic E-state index is 13.0. The van der Waals surface area contributed by atoms with Crippen molar-refractivity contribution >= 4 is 5.97 Å². The van der Waals surface area contributed by atoms with Gasteiger partial charge in [-0.05, 0) is 95.6 Å². The van der Waals surface area contributed by atoms with E-state index in [1.54, 1.807) is 0 Å². The lowest BCUT2D eigenvalue weighted by Gasteiger charge is -2.53. The number of hydrogen-bond donors (Lipinski definition) is 1. The maximum atomic E-state index is 13.0. The average Bonchev–Trinajstić information content (AvgIpc) is 2.46. The molecule has 0 amide bonds. The van der Waals surface area contributed by atoms with E-state index in [4.69, 9.17) is 4.74 Å². The van der Waals surface area contributed by atoms with Gasteiger partial charge in [0.15, 0.2) is 0 Å². The van der Waals surface area contributed by atoms with Crippen molar-refractivity contribution in [3.8, 4) is 0 Å². The van der Waals surface area contributed by atoms with Crippen LogP contribution in [0.5, 0.6) is 0 Å². The highest BCUT2D eigenvalue weighted by atomic mass is 16.6. The Kier molecular flexibility index (Phi) is 3.75. The largest absolute Gasteiger partial charge is 0.459 e. The SMILES string of the molecule is CC(C)(OC(=O)C1C2CC3CC(C2)CC1C3)C1CCNCC1. The van der Waals surface area contributed by atoms with Crippen LogP contribution in [-0.2, 0) is 9.53 Å². The summed E-state index contributed by atoms with van der Waals surface area (Å²) in [6, 6.07) is 0. The zero-order valence-corrected chi connectivity index (χ0v) is 14.1. The normalized spacial score (nSPS) is 41.6. The van der Waals surface area contributed by atoms with Gasteiger partial charge in [-0.15, -0.1) is 0 Å². The number of rotatable bonds is 3. The second-order valence-electron chi connectivity index (χ2n) is 9.01. The zero-order chi connectivity index (χ0) is 15.3. The van der Waals surface area contributed by atoms with E-state index in [1.165, 1.54) is 32.1 Å². The number of nitrogens with one attached hydrogen (secondary N) is 1. The van der Waals surface area contributed by atoms with Crippen molar-refractivity contribution in [2.24, 2.45) is 35.5 Å². The van der Waals surface area contributed by atoms with Gasteiger partial charge in [-0.25, -0.2) is 0 Å². The molecule has 0 unspecified atom stereocenters. The molecule has 1 saturated heterocycles. The van der Waals surface area contributed by atoms with Gasteiger partial charge in [0.25, 0.3) is 0 Å². The Labute approximate surface area is 134 Å². The molecule has 1 aliphatic heterocycles. The smallest absolute Gasteiger partial charge is 0.310 e. The lowest BCUT2D eigenvalue weighted by Crippen LogP contribution is -2.51. The molecule has 3 heteroatoms. The minimum absolute atomic E-state index is 0.136. The fourth-order valence-electron chi connectivity index (χ4n) is 6.24. The molecule has 5 aliphatic rings. The molecular weight excluding hydrogens is 274 g/mol. The highest BCUT2D eigenvalue weighted by Gasteiger charge is 2.52. The van der Waals surface area contributed by atoms with Crippen molar-refractivity contribution in [1.82, 2.24) is 5.32 Å². The zero-order valence-electron chi connectivity index (χ0n) is 14.1. The summed E-state index contributed by atoms with van der Waals surface area (Å²) in [5.41, 5.74) is -0.298. The topological polar surface area (TPSA) is 38.3 Å². The van der Waals surface area contributed by atoms with Crippen LogP contribution in [0.25, 0.3) is 0 Å². The van der Waals surface area contributed by atoms with Gasteiger partial charge in [-0.3, -0.25) is 4.79 Å². The molecule has 5 fully saturated rings. The van der Waals surface area contributed by atoms with Gasteiger partial charge in [-0.2, -0.15) is 0 Å². The average molecular weight is 305 g/mol. The van der Waals surface area contributed by atoms with E-state index in [1.807, 2.05) is 0 Å². The first-order valence-corrected chi connectivity index (χ1v) is 9.46. The summed E-state index contributed by atoms with van der Waals surface area (Å²) in [7, 11) is 0. The van der Waals surface area contributed by atoms with Crippen LogP contribution in [0.4, 0.5) is 0 Å². The van der Waals surface area contributed by atoms with Gasteiger partial charge in [0.1, 0.15) is 5.60 Å². The monoisotopic (exact) mass is 305 g/mol. The van der Waals surface area contributed by atoms with Crippen LogP contribution >= 0.6 is 0 Å². The molecule has 0 atom stereocenters. The van der Waals surface area contributed by atoms with Gasteiger partial charge < -0.3 is 10.1 Å². The third-order valence-electron chi connectivity index (χ3n) is 7.18. The third kappa shape index (κ3) is 2.60.